The predicted octanol–water partition coefficient (Wildman–Crippen LogP) is 2.02. The number of likely N-dealkylation sites (tertiary alicyclic amines) is 1. The number of piperidine rings is 2. The summed E-state index contributed by atoms with van der Waals surface area (Å²) in [6.07, 6.45) is 9.09. The number of amides is 1. The van der Waals surface area contributed by atoms with Gasteiger partial charge in [-0.15, -0.1) is 0 Å². The number of hydrogen-bond acceptors (Lipinski definition) is 2. The summed E-state index contributed by atoms with van der Waals surface area (Å²) in [5.41, 5.74) is 0. The van der Waals surface area contributed by atoms with Gasteiger partial charge >= 0.3 is 0 Å². The Morgan fingerprint density at radius 2 is 1.83 bits per heavy atom. The zero-order valence-electron chi connectivity index (χ0n) is 11.4. The lowest BCUT2D eigenvalue weighted by Crippen LogP contribution is -2.49. The van der Waals surface area contributed by atoms with E-state index in [1.165, 1.54) is 32.1 Å². The summed E-state index contributed by atoms with van der Waals surface area (Å²) in [6, 6.07) is 0. The van der Waals surface area contributed by atoms with Gasteiger partial charge in [-0.05, 0) is 44.1 Å². The second-order valence-electron chi connectivity index (χ2n) is 6.42. The molecule has 3 aliphatic rings. The first-order valence-corrected chi connectivity index (χ1v) is 7.84. The lowest BCUT2D eigenvalue weighted by atomic mass is 9.75. The largest absolute Gasteiger partial charge is 0.342 e. The maximum Gasteiger partial charge on any atom is 0.226 e. The molecule has 2 saturated heterocycles. The van der Waals surface area contributed by atoms with Crippen LogP contribution in [0.4, 0.5) is 0 Å². The van der Waals surface area contributed by atoms with E-state index < -0.39 is 0 Å². The van der Waals surface area contributed by atoms with E-state index in [0.29, 0.717) is 5.91 Å². The lowest BCUT2D eigenvalue weighted by Gasteiger charge is -2.42. The molecular formula is C15H26N2O. The number of hydrogen-bond donors (Lipinski definition) is 1. The summed E-state index contributed by atoms with van der Waals surface area (Å²) in [4.78, 5) is 14.7. The molecule has 2 heterocycles. The van der Waals surface area contributed by atoms with Crippen molar-refractivity contribution in [3.8, 4) is 0 Å². The van der Waals surface area contributed by atoms with E-state index in [1.807, 2.05) is 0 Å². The van der Waals surface area contributed by atoms with Crippen LogP contribution in [0.25, 0.3) is 0 Å². The van der Waals surface area contributed by atoms with Crippen molar-refractivity contribution in [1.29, 1.82) is 0 Å². The fourth-order valence-electron chi connectivity index (χ4n) is 4.12. The zero-order chi connectivity index (χ0) is 12.4. The molecule has 3 nitrogen and oxygen atoms in total. The molecule has 0 aromatic carbocycles. The molecule has 3 atom stereocenters. The molecule has 1 amide bonds. The first-order valence-electron chi connectivity index (χ1n) is 7.84. The highest BCUT2D eigenvalue weighted by Gasteiger charge is 2.35. The molecule has 2 unspecified atom stereocenters. The minimum absolute atomic E-state index is 0.263. The first kappa shape index (κ1) is 12.5. The molecule has 18 heavy (non-hydrogen) atoms. The molecule has 0 aromatic rings. The maximum atomic E-state index is 12.5. The number of nitrogens with one attached hydrogen (secondary N) is 1. The van der Waals surface area contributed by atoms with E-state index in [2.05, 4.69) is 10.2 Å². The number of nitrogens with zero attached hydrogens (tertiary/aromatic N) is 1. The SMILES string of the molecule is O=C([C@H]1CCCNC1)N1CCC2CCCCC2C1. The van der Waals surface area contributed by atoms with Gasteiger partial charge in [-0.3, -0.25) is 4.79 Å². The normalized spacial score (nSPS) is 37.1. The number of carbonyl (C=O) groups is 1. The number of carbonyl (C=O) groups excluding carboxylic acids is 1. The lowest BCUT2D eigenvalue weighted by molar-refractivity contribution is -0.139. The molecule has 3 fully saturated rings. The average molecular weight is 250 g/mol. The van der Waals surface area contributed by atoms with E-state index in [-0.39, 0.29) is 5.92 Å². The van der Waals surface area contributed by atoms with Crippen LogP contribution in [-0.2, 0) is 4.79 Å². The summed E-state index contributed by atoms with van der Waals surface area (Å²) in [6.45, 7) is 4.08. The van der Waals surface area contributed by atoms with Crippen LogP contribution in [-0.4, -0.2) is 37.0 Å². The van der Waals surface area contributed by atoms with Crippen LogP contribution in [0.3, 0.4) is 0 Å². The standard InChI is InChI=1S/C15H26N2O/c18-15(13-6-3-8-16-10-13)17-9-7-12-4-1-2-5-14(12)11-17/h12-14,16H,1-11H2/t12?,13-,14?/m0/s1. The summed E-state index contributed by atoms with van der Waals surface area (Å²) in [5.74, 6) is 2.44. The summed E-state index contributed by atoms with van der Waals surface area (Å²) >= 11 is 0. The van der Waals surface area contributed by atoms with E-state index >= 15 is 0 Å². The molecule has 1 aliphatic carbocycles. The Bertz CT molecular complexity index is 299. The van der Waals surface area contributed by atoms with Gasteiger partial charge in [-0.2, -0.15) is 0 Å². The van der Waals surface area contributed by atoms with Gasteiger partial charge in [-0.1, -0.05) is 19.3 Å². The molecule has 3 rings (SSSR count). The van der Waals surface area contributed by atoms with Gasteiger partial charge in [0.15, 0.2) is 0 Å². The van der Waals surface area contributed by atoms with E-state index in [1.54, 1.807) is 0 Å². The van der Waals surface area contributed by atoms with E-state index in [0.717, 1.165) is 50.9 Å². The number of fused-ring (bicyclic) bond motifs is 1. The zero-order valence-corrected chi connectivity index (χ0v) is 11.4. The third kappa shape index (κ3) is 2.56. The van der Waals surface area contributed by atoms with Crippen molar-refractivity contribution in [2.75, 3.05) is 26.2 Å². The maximum absolute atomic E-state index is 12.5. The van der Waals surface area contributed by atoms with Gasteiger partial charge < -0.3 is 10.2 Å². The van der Waals surface area contributed by atoms with Crippen molar-refractivity contribution in [1.82, 2.24) is 10.2 Å². The molecule has 0 aromatic heterocycles. The van der Waals surface area contributed by atoms with Crippen molar-refractivity contribution in [3.05, 3.63) is 0 Å². The van der Waals surface area contributed by atoms with Crippen LogP contribution in [0.1, 0.15) is 44.9 Å². The molecule has 3 heteroatoms. The van der Waals surface area contributed by atoms with Crippen LogP contribution >= 0.6 is 0 Å². The Morgan fingerprint density at radius 1 is 1.00 bits per heavy atom. The molecular weight excluding hydrogens is 224 g/mol. The molecule has 2 aliphatic heterocycles. The highest BCUT2D eigenvalue weighted by Crippen LogP contribution is 2.36. The quantitative estimate of drug-likeness (QED) is 0.772. The van der Waals surface area contributed by atoms with Crippen LogP contribution in [0, 0.1) is 17.8 Å². The Morgan fingerprint density at radius 3 is 2.61 bits per heavy atom. The molecule has 102 valence electrons. The summed E-state index contributed by atoms with van der Waals surface area (Å²) in [7, 11) is 0. The average Bonchev–Trinajstić information content (AvgIpc) is 2.47. The minimum Gasteiger partial charge on any atom is -0.342 e. The third-order valence-electron chi connectivity index (χ3n) is 5.25. The van der Waals surface area contributed by atoms with Gasteiger partial charge in [0.05, 0.1) is 5.92 Å². The van der Waals surface area contributed by atoms with Gasteiger partial charge in [0.25, 0.3) is 0 Å². The fraction of sp³-hybridized carbons (Fsp3) is 0.933. The van der Waals surface area contributed by atoms with Crippen LogP contribution in [0.15, 0.2) is 0 Å². The smallest absolute Gasteiger partial charge is 0.226 e. The highest BCUT2D eigenvalue weighted by molar-refractivity contribution is 5.79. The highest BCUT2D eigenvalue weighted by atomic mass is 16.2. The Labute approximate surface area is 110 Å². The van der Waals surface area contributed by atoms with Crippen LogP contribution < -0.4 is 5.32 Å². The first-order chi connectivity index (χ1) is 8.84. The Hall–Kier alpha value is -0.570. The van der Waals surface area contributed by atoms with E-state index in [4.69, 9.17) is 0 Å². The molecule has 1 saturated carbocycles. The van der Waals surface area contributed by atoms with Gasteiger partial charge in [-0.25, -0.2) is 0 Å². The monoisotopic (exact) mass is 250 g/mol. The van der Waals surface area contributed by atoms with Crippen LogP contribution in [0.2, 0.25) is 0 Å². The molecule has 0 bridgehead atoms. The molecule has 0 spiro atoms. The topological polar surface area (TPSA) is 32.3 Å². The van der Waals surface area contributed by atoms with Gasteiger partial charge in [0, 0.05) is 19.6 Å². The van der Waals surface area contributed by atoms with Crippen molar-refractivity contribution in [2.24, 2.45) is 17.8 Å². The second kappa shape index (κ2) is 5.60. The molecule has 1 N–H and O–H groups in total. The Balaban J connectivity index is 1.57. The Kier molecular flexibility index (Phi) is 3.88. The van der Waals surface area contributed by atoms with Crippen molar-refractivity contribution in [2.45, 2.75) is 44.9 Å². The second-order valence-corrected chi connectivity index (χ2v) is 6.42. The van der Waals surface area contributed by atoms with E-state index in [9.17, 15) is 4.79 Å². The predicted molar refractivity (Wildman–Crippen MR) is 72.2 cm³/mol. The fourth-order valence-corrected chi connectivity index (χ4v) is 4.12. The summed E-state index contributed by atoms with van der Waals surface area (Å²) in [5, 5.41) is 3.36. The number of rotatable bonds is 1. The van der Waals surface area contributed by atoms with Gasteiger partial charge in [0.1, 0.15) is 0 Å². The minimum atomic E-state index is 0.263. The summed E-state index contributed by atoms with van der Waals surface area (Å²) < 4.78 is 0. The molecule has 0 radical (unpaired) electrons. The van der Waals surface area contributed by atoms with Crippen molar-refractivity contribution in [3.63, 3.8) is 0 Å². The third-order valence-corrected chi connectivity index (χ3v) is 5.25. The van der Waals surface area contributed by atoms with Gasteiger partial charge in [0.2, 0.25) is 5.91 Å². The van der Waals surface area contributed by atoms with Crippen LogP contribution in [0.5, 0.6) is 0 Å². The van der Waals surface area contributed by atoms with Crippen molar-refractivity contribution < 1.29 is 4.79 Å². The van der Waals surface area contributed by atoms with Crippen molar-refractivity contribution >= 4 is 5.91 Å².